The molecule has 0 aliphatic carbocycles. The maximum Gasteiger partial charge on any atom is 0.161 e. The van der Waals surface area contributed by atoms with Crippen LogP contribution in [0.2, 0.25) is 0 Å². The van der Waals surface area contributed by atoms with Gasteiger partial charge in [-0.1, -0.05) is 19.1 Å². The summed E-state index contributed by atoms with van der Waals surface area (Å²) in [5.41, 5.74) is 0. The SMILES string of the molecule is CCNCC1CCN(CCOc2ccccc2OCC)CC1.Cl. The predicted molar refractivity (Wildman–Crippen MR) is 98.1 cm³/mol. The van der Waals surface area contributed by atoms with Crippen LogP contribution in [0.3, 0.4) is 0 Å². The van der Waals surface area contributed by atoms with Crippen molar-refractivity contribution >= 4 is 12.4 Å². The van der Waals surface area contributed by atoms with Crippen LogP contribution in [-0.4, -0.2) is 50.8 Å². The molecule has 1 aromatic rings. The highest BCUT2D eigenvalue weighted by molar-refractivity contribution is 5.85. The third-order valence-electron chi connectivity index (χ3n) is 4.20. The van der Waals surface area contributed by atoms with Gasteiger partial charge in [-0.2, -0.15) is 0 Å². The monoisotopic (exact) mass is 342 g/mol. The van der Waals surface area contributed by atoms with Gasteiger partial charge < -0.3 is 14.8 Å². The average Bonchev–Trinajstić information content (AvgIpc) is 2.56. The number of rotatable bonds is 9. The van der Waals surface area contributed by atoms with Gasteiger partial charge in [0.2, 0.25) is 0 Å². The lowest BCUT2D eigenvalue weighted by Crippen LogP contribution is -2.39. The highest BCUT2D eigenvalue weighted by Gasteiger charge is 2.18. The van der Waals surface area contributed by atoms with Crippen molar-refractivity contribution in [3.63, 3.8) is 0 Å². The van der Waals surface area contributed by atoms with Crippen LogP contribution in [0.5, 0.6) is 11.5 Å². The third-order valence-corrected chi connectivity index (χ3v) is 4.20. The van der Waals surface area contributed by atoms with Crippen LogP contribution in [0.1, 0.15) is 26.7 Å². The van der Waals surface area contributed by atoms with E-state index >= 15 is 0 Å². The molecule has 1 heterocycles. The number of hydrogen-bond donors (Lipinski definition) is 1. The summed E-state index contributed by atoms with van der Waals surface area (Å²) in [7, 11) is 0. The number of nitrogens with zero attached hydrogens (tertiary/aromatic N) is 1. The smallest absolute Gasteiger partial charge is 0.161 e. The number of hydrogen-bond acceptors (Lipinski definition) is 4. The summed E-state index contributed by atoms with van der Waals surface area (Å²) >= 11 is 0. The summed E-state index contributed by atoms with van der Waals surface area (Å²) in [6.07, 6.45) is 2.59. The highest BCUT2D eigenvalue weighted by atomic mass is 35.5. The quantitative estimate of drug-likeness (QED) is 0.747. The van der Waals surface area contributed by atoms with Crippen LogP contribution in [-0.2, 0) is 0 Å². The molecule has 0 amide bonds. The molecule has 0 atom stereocenters. The molecule has 4 nitrogen and oxygen atoms in total. The summed E-state index contributed by atoms with van der Waals surface area (Å²) in [6, 6.07) is 7.91. The lowest BCUT2D eigenvalue weighted by Gasteiger charge is -2.31. The molecular formula is C18H31ClN2O2. The molecule has 5 heteroatoms. The van der Waals surface area contributed by atoms with Crippen molar-refractivity contribution in [2.45, 2.75) is 26.7 Å². The Labute approximate surface area is 146 Å². The number of likely N-dealkylation sites (tertiary alicyclic amines) is 1. The molecule has 1 aliphatic heterocycles. The fourth-order valence-electron chi connectivity index (χ4n) is 2.89. The Morgan fingerprint density at radius 3 is 2.35 bits per heavy atom. The number of ether oxygens (including phenoxy) is 2. The van der Waals surface area contributed by atoms with E-state index in [0.717, 1.165) is 37.1 Å². The molecule has 23 heavy (non-hydrogen) atoms. The summed E-state index contributed by atoms with van der Waals surface area (Å²) in [5, 5.41) is 3.46. The molecule has 1 fully saturated rings. The zero-order valence-corrected chi connectivity index (χ0v) is 15.2. The molecule has 1 aromatic carbocycles. The van der Waals surface area contributed by atoms with Crippen LogP contribution < -0.4 is 14.8 Å². The predicted octanol–water partition coefficient (Wildman–Crippen LogP) is 3.21. The Morgan fingerprint density at radius 2 is 1.74 bits per heavy atom. The van der Waals surface area contributed by atoms with Crippen LogP contribution in [0, 0.1) is 5.92 Å². The maximum atomic E-state index is 5.91. The molecule has 1 N–H and O–H groups in total. The van der Waals surface area contributed by atoms with Gasteiger partial charge in [-0.3, -0.25) is 4.90 Å². The average molecular weight is 343 g/mol. The van der Waals surface area contributed by atoms with Crippen LogP contribution in [0.4, 0.5) is 0 Å². The van der Waals surface area contributed by atoms with Gasteiger partial charge in [0.05, 0.1) is 6.61 Å². The highest BCUT2D eigenvalue weighted by Crippen LogP contribution is 2.26. The summed E-state index contributed by atoms with van der Waals surface area (Å²) < 4.78 is 11.5. The minimum atomic E-state index is 0. The topological polar surface area (TPSA) is 33.7 Å². The van der Waals surface area contributed by atoms with E-state index in [1.807, 2.05) is 31.2 Å². The molecule has 0 spiro atoms. The fraction of sp³-hybridized carbons (Fsp3) is 0.667. The van der Waals surface area contributed by atoms with Gasteiger partial charge in [-0.15, -0.1) is 12.4 Å². The van der Waals surface area contributed by atoms with Crippen LogP contribution in [0.25, 0.3) is 0 Å². The minimum absolute atomic E-state index is 0. The van der Waals surface area contributed by atoms with Gasteiger partial charge in [0.25, 0.3) is 0 Å². The van der Waals surface area contributed by atoms with E-state index in [0.29, 0.717) is 6.61 Å². The van der Waals surface area contributed by atoms with Gasteiger partial charge in [-0.05, 0) is 64.0 Å². The summed E-state index contributed by atoms with van der Waals surface area (Å²) in [5.74, 6) is 2.54. The van der Waals surface area contributed by atoms with Crippen LogP contribution in [0.15, 0.2) is 24.3 Å². The van der Waals surface area contributed by atoms with Crippen molar-refractivity contribution in [1.29, 1.82) is 0 Å². The largest absolute Gasteiger partial charge is 0.490 e. The Bertz CT molecular complexity index is 423. The van der Waals surface area contributed by atoms with Crippen molar-refractivity contribution in [3.05, 3.63) is 24.3 Å². The van der Waals surface area contributed by atoms with Gasteiger partial charge in [-0.25, -0.2) is 0 Å². The van der Waals surface area contributed by atoms with E-state index in [1.54, 1.807) is 0 Å². The fourth-order valence-corrected chi connectivity index (χ4v) is 2.89. The van der Waals surface area contributed by atoms with E-state index in [1.165, 1.54) is 32.5 Å². The third kappa shape index (κ3) is 6.98. The lowest BCUT2D eigenvalue weighted by atomic mass is 9.97. The number of benzene rings is 1. The molecule has 0 aromatic heterocycles. The Hall–Kier alpha value is -0.970. The molecule has 2 rings (SSSR count). The summed E-state index contributed by atoms with van der Waals surface area (Å²) in [6.45, 7) is 11.2. The van der Waals surface area contributed by atoms with Crippen molar-refractivity contribution < 1.29 is 9.47 Å². The Kier molecular flexibility index (Phi) is 10.1. The normalized spacial score (nSPS) is 15.9. The van der Waals surface area contributed by atoms with Crippen LogP contribution >= 0.6 is 12.4 Å². The maximum absolute atomic E-state index is 5.91. The second-order valence-corrected chi connectivity index (χ2v) is 5.82. The lowest BCUT2D eigenvalue weighted by molar-refractivity contribution is 0.152. The van der Waals surface area contributed by atoms with Gasteiger partial charge in [0.1, 0.15) is 6.61 Å². The molecule has 132 valence electrons. The number of nitrogens with one attached hydrogen (secondary N) is 1. The molecule has 0 unspecified atom stereocenters. The van der Waals surface area contributed by atoms with Crippen molar-refractivity contribution in [3.8, 4) is 11.5 Å². The van der Waals surface area contributed by atoms with Crippen molar-refractivity contribution in [1.82, 2.24) is 10.2 Å². The Morgan fingerprint density at radius 1 is 1.09 bits per heavy atom. The molecular weight excluding hydrogens is 312 g/mol. The molecule has 0 radical (unpaired) electrons. The first-order valence-corrected chi connectivity index (χ1v) is 8.61. The molecule has 1 aliphatic rings. The molecule has 0 bridgehead atoms. The van der Waals surface area contributed by atoms with Crippen molar-refractivity contribution in [2.24, 2.45) is 5.92 Å². The second-order valence-electron chi connectivity index (χ2n) is 5.82. The van der Waals surface area contributed by atoms with E-state index < -0.39 is 0 Å². The van der Waals surface area contributed by atoms with E-state index in [4.69, 9.17) is 9.47 Å². The standard InChI is InChI=1S/C18H30N2O2.ClH/c1-3-19-15-16-9-11-20(12-10-16)13-14-22-18-8-6-5-7-17(18)21-4-2;/h5-8,16,19H,3-4,9-15H2,1-2H3;1H. The first kappa shape index (κ1) is 20.1. The number of para-hydroxylation sites is 2. The number of piperidine rings is 1. The molecule has 1 saturated heterocycles. The van der Waals surface area contributed by atoms with Gasteiger partial charge in [0, 0.05) is 6.54 Å². The second kappa shape index (κ2) is 11.5. The van der Waals surface area contributed by atoms with Crippen molar-refractivity contribution in [2.75, 3.05) is 45.9 Å². The van der Waals surface area contributed by atoms with E-state index in [-0.39, 0.29) is 12.4 Å². The zero-order chi connectivity index (χ0) is 15.6. The summed E-state index contributed by atoms with van der Waals surface area (Å²) in [4.78, 5) is 2.51. The van der Waals surface area contributed by atoms with E-state index in [9.17, 15) is 0 Å². The first-order valence-electron chi connectivity index (χ1n) is 8.61. The van der Waals surface area contributed by atoms with Gasteiger partial charge >= 0.3 is 0 Å². The minimum Gasteiger partial charge on any atom is -0.490 e. The Balaban J connectivity index is 0.00000264. The first-order chi connectivity index (χ1) is 10.8. The molecule has 0 saturated carbocycles. The zero-order valence-electron chi connectivity index (χ0n) is 14.4. The number of halogens is 1. The van der Waals surface area contributed by atoms with E-state index in [2.05, 4.69) is 17.1 Å². The van der Waals surface area contributed by atoms with Gasteiger partial charge in [0.15, 0.2) is 11.5 Å².